The number of methoxy groups -OCH3 is 1. The van der Waals surface area contributed by atoms with Crippen molar-refractivity contribution in [1.82, 2.24) is 4.98 Å². The smallest absolute Gasteiger partial charge is 0.261 e. The zero-order valence-corrected chi connectivity index (χ0v) is 12.6. The Hall–Kier alpha value is -1.50. The summed E-state index contributed by atoms with van der Waals surface area (Å²) in [5.74, 6) is 0.391. The van der Waals surface area contributed by atoms with Crippen LogP contribution in [0.4, 0.5) is 5.69 Å². The molecule has 8 heteroatoms. The summed E-state index contributed by atoms with van der Waals surface area (Å²) in [6.07, 6.45) is 1.36. The number of aromatic nitrogens is 1. The summed E-state index contributed by atoms with van der Waals surface area (Å²) < 4.78 is 31.6. The van der Waals surface area contributed by atoms with Crippen LogP contribution in [0.2, 0.25) is 10.0 Å². The molecule has 0 atom stereocenters. The van der Waals surface area contributed by atoms with Gasteiger partial charge in [0.05, 0.1) is 33.9 Å². The number of sulfonamides is 1. The van der Waals surface area contributed by atoms with Crippen LogP contribution in [0.1, 0.15) is 0 Å². The highest BCUT2D eigenvalue weighted by Gasteiger charge is 2.15. The second-order valence-corrected chi connectivity index (χ2v) is 6.27. The highest BCUT2D eigenvalue weighted by atomic mass is 35.5. The first-order chi connectivity index (χ1) is 9.42. The van der Waals surface area contributed by atoms with Crippen molar-refractivity contribution >= 4 is 38.9 Å². The zero-order chi connectivity index (χ0) is 14.8. The van der Waals surface area contributed by atoms with Crippen molar-refractivity contribution in [2.45, 2.75) is 4.90 Å². The molecule has 0 unspecified atom stereocenters. The highest BCUT2D eigenvalue weighted by Crippen LogP contribution is 2.26. The van der Waals surface area contributed by atoms with E-state index < -0.39 is 10.0 Å². The van der Waals surface area contributed by atoms with Gasteiger partial charge in [-0.2, -0.15) is 0 Å². The van der Waals surface area contributed by atoms with Gasteiger partial charge in [0.25, 0.3) is 10.0 Å². The fourth-order valence-corrected chi connectivity index (χ4v) is 2.85. The van der Waals surface area contributed by atoms with Crippen LogP contribution in [-0.2, 0) is 10.0 Å². The van der Waals surface area contributed by atoms with Crippen LogP contribution in [0.15, 0.2) is 41.4 Å². The third kappa shape index (κ3) is 3.33. The van der Waals surface area contributed by atoms with Crippen LogP contribution in [0.5, 0.6) is 5.88 Å². The number of hydrogen-bond donors (Lipinski definition) is 1. The van der Waals surface area contributed by atoms with Gasteiger partial charge in [0.1, 0.15) is 0 Å². The summed E-state index contributed by atoms with van der Waals surface area (Å²) in [6, 6.07) is 7.16. The summed E-state index contributed by atoms with van der Waals surface area (Å²) in [6.45, 7) is 0. The predicted molar refractivity (Wildman–Crippen MR) is 78.1 cm³/mol. The van der Waals surface area contributed by atoms with Crippen LogP contribution in [0, 0.1) is 0 Å². The SMILES string of the molecule is COc1ccc(NS(=O)(=O)c2ccc(Cl)c(Cl)c2)cn1. The number of anilines is 1. The Bertz CT molecular complexity index is 718. The van der Waals surface area contributed by atoms with Gasteiger partial charge in [0.15, 0.2) is 0 Å². The first-order valence-electron chi connectivity index (χ1n) is 5.40. The Morgan fingerprint density at radius 3 is 2.45 bits per heavy atom. The molecule has 0 fully saturated rings. The van der Waals surface area contributed by atoms with Crippen molar-refractivity contribution in [3.63, 3.8) is 0 Å². The van der Waals surface area contributed by atoms with Gasteiger partial charge < -0.3 is 4.74 Å². The van der Waals surface area contributed by atoms with Gasteiger partial charge in [-0.1, -0.05) is 23.2 Å². The molecule has 0 aliphatic heterocycles. The van der Waals surface area contributed by atoms with Crippen molar-refractivity contribution < 1.29 is 13.2 Å². The van der Waals surface area contributed by atoms with E-state index in [0.29, 0.717) is 11.6 Å². The maximum Gasteiger partial charge on any atom is 0.261 e. The standard InChI is InChI=1S/C12H10Cl2N2O3S/c1-19-12-5-2-8(7-15-12)16-20(17,18)9-3-4-10(13)11(14)6-9/h2-7,16H,1H3. The molecule has 0 saturated heterocycles. The quantitative estimate of drug-likeness (QED) is 0.933. The average molecular weight is 333 g/mol. The number of ether oxygens (including phenoxy) is 1. The van der Waals surface area contributed by atoms with Gasteiger partial charge in [-0.15, -0.1) is 0 Å². The Balaban J connectivity index is 2.27. The fraction of sp³-hybridized carbons (Fsp3) is 0.0833. The van der Waals surface area contributed by atoms with Crippen molar-refractivity contribution in [2.24, 2.45) is 0 Å². The lowest BCUT2D eigenvalue weighted by Crippen LogP contribution is -2.13. The normalized spacial score (nSPS) is 11.2. The van der Waals surface area contributed by atoms with Gasteiger partial charge in [0, 0.05) is 6.07 Å². The summed E-state index contributed by atoms with van der Waals surface area (Å²) >= 11 is 11.6. The number of hydrogen-bond acceptors (Lipinski definition) is 4. The minimum Gasteiger partial charge on any atom is -0.481 e. The van der Waals surface area contributed by atoms with Gasteiger partial charge in [-0.3, -0.25) is 4.72 Å². The molecule has 0 radical (unpaired) electrons. The Labute approximate surface area is 126 Å². The van der Waals surface area contributed by atoms with Crippen molar-refractivity contribution in [3.8, 4) is 5.88 Å². The van der Waals surface area contributed by atoms with Crippen LogP contribution < -0.4 is 9.46 Å². The monoisotopic (exact) mass is 332 g/mol. The first-order valence-corrected chi connectivity index (χ1v) is 7.64. The van der Waals surface area contributed by atoms with E-state index in [9.17, 15) is 8.42 Å². The van der Waals surface area contributed by atoms with Crippen molar-refractivity contribution in [2.75, 3.05) is 11.8 Å². The summed E-state index contributed by atoms with van der Waals surface area (Å²) in [7, 11) is -2.27. The van der Waals surface area contributed by atoms with Crippen LogP contribution in [-0.4, -0.2) is 20.5 Å². The molecule has 0 saturated carbocycles. The Kier molecular flexibility index (Phi) is 4.37. The Morgan fingerprint density at radius 2 is 1.90 bits per heavy atom. The van der Waals surface area contributed by atoms with Gasteiger partial charge in [0.2, 0.25) is 5.88 Å². The van der Waals surface area contributed by atoms with Crippen LogP contribution in [0.3, 0.4) is 0 Å². The lowest BCUT2D eigenvalue weighted by molar-refractivity contribution is 0.398. The maximum absolute atomic E-state index is 12.1. The van der Waals surface area contributed by atoms with E-state index in [1.807, 2.05) is 0 Å². The van der Waals surface area contributed by atoms with Crippen LogP contribution in [0.25, 0.3) is 0 Å². The van der Waals surface area contributed by atoms with Gasteiger partial charge in [-0.05, 0) is 24.3 Å². The molecule has 106 valence electrons. The Morgan fingerprint density at radius 1 is 1.15 bits per heavy atom. The predicted octanol–water partition coefficient (Wildman–Crippen LogP) is 3.20. The van der Waals surface area contributed by atoms with E-state index in [-0.39, 0.29) is 14.9 Å². The summed E-state index contributed by atoms with van der Waals surface area (Å²) in [5, 5.41) is 0.458. The third-order valence-electron chi connectivity index (χ3n) is 2.40. The second kappa shape index (κ2) is 5.87. The van der Waals surface area contributed by atoms with E-state index in [4.69, 9.17) is 27.9 Å². The van der Waals surface area contributed by atoms with E-state index >= 15 is 0 Å². The van der Waals surface area contributed by atoms with Crippen molar-refractivity contribution in [1.29, 1.82) is 0 Å². The zero-order valence-electron chi connectivity index (χ0n) is 10.3. The molecular weight excluding hydrogens is 323 g/mol. The molecule has 1 aromatic carbocycles. The minimum absolute atomic E-state index is 0.0164. The van der Waals surface area contributed by atoms with E-state index in [2.05, 4.69) is 9.71 Å². The largest absolute Gasteiger partial charge is 0.481 e. The van der Waals surface area contributed by atoms with Crippen LogP contribution >= 0.6 is 23.2 Å². The van der Waals surface area contributed by atoms with Gasteiger partial charge >= 0.3 is 0 Å². The van der Waals surface area contributed by atoms with E-state index in [1.165, 1.54) is 31.5 Å². The molecule has 1 heterocycles. The number of benzene rings is 1. The first kappa shape index (κ1) is 14.9. The number of pyridine rings is 1. The summed E-state index contributed by atoms with van der Waals surface area (Å²) in [5.41, 5.74) is 0.317. The molecule has 2 rings (SSSR count). The fourth-order valence-electron chi connectivity index (χ4n) is 1.42. The maximum atomic E-state index is 12.1. The average Bonchev–Trinajstić information content (AvgIpc) is 2.42. The molecule has 0 aliphatic carbocycles. The second-order valence-electron chi connectivity index (χ2n) is 3.77. The minimum atomic E-state index is -3.75. The summed E-state index contributed by atoms with van der Waals surface area (Å²) in [4.78, 5) is 3.93. The molecule has 0 spiro atoms. The van der Waals surface area contributed by atoms with E-state index in [0.717, 1.165) is 0 Å². The highest BCUT2D eigenvalue weighted by molar-refractivity contribution is 7.92. The molecular formula is C12H10Cl2N2O3S. The lowest BCUT2D eigenvalue weighted by atomic mass is 10.4. The molecule has 1 N–H and O–H groups in total. The molecule has 5 nitrogen and oxygen atoms in total. The number of nitrogens with one attached hydrogen (secondary N) is 1. The number of nitrogens with zero attached hydrogens (tertiary/aromatic N) is 1. The van der Waals surface area contributed by atoms with E-state index in [1.54, 1.807) is 12.1 Å². The lowest BCUT2D eigenvalue weighted by Gasteiger charge is -2.09. The van der Waals surface area contributed by atoms with Crippen molar-refractivity contribution in [3.05, 3.63) is 46.6 Å². The molecule has 0 bridgehead atoms. The topological polar surface area (TPSA) is 68.3 Å². The number of halogens is 2. The number of rotatable bonds is 4. The molecule has 0 aliphatic rings. The molecule has 20 heavy (non-hydrogen) atoms. The third-order valence-corrected chi connectivity index (χ3v) is 4.52. The van der Waals surface area contributed by atoms with Gasteiger partial charge in [-0.25, -0.2) is 13.4 Å². The molecule has 0 amide bonds. The molecule has 1 aromatic heterocycles. The molecule has 2 aromatic rings.